The zero-order valence-electron chi connectivity index (χ0n) is 12.9. The number of fused-ring (bicyclic) bond motifs is 1. The number of rotatable bonds is 5. The molecule has 1 aliphatic rings. The monoisotopic (exact) mass is 283 g/mol. The summed E-state index contributed by atoms with van der Waals surface area (Å²) in [6, 6.07) is 10.8. The number of anilines is 1. The smallest absolute Gasteiger partial charge is 0.133 e. The molecule has 3 nitrogen and oxygen atoms in total. The van der Waals surface area contributed by atoms with E-state index >= 15 is 0 Å². The molecule has 0 radical (unpaired) electrons. The Bertz CT molecular complexity index is 588. The van der Waals surface area contributed by atoms with Crippen LogP contribution in [-0.4, -0.2) is 24.6 Å². The molecule has 0 aliphatic carbocycles. The average molecular weight is 283 g/mol. The SMILES string of the molecule is CCCNCc1cc2ccccc2nc1N1CCCCC1. The molecule has 1 saturated heterocycles. The first-order valence-electron chi connectivity index (χ1n) is 8.23. The second-order valence-electron chi connectivity index (χ2n) is 5.89. The maximum absolute atomic E-state index is 4.96. The van der Waals surface area contributed by atoms with Gasteiger partial charge in [0.1, 0.15) is 5.82 Å². The van der Waals surface area contributed by atoms with Crippen molar-refractivity contribution in [2.45, 2.75) is 39.2 Å². The van der Waals surface area contributed by atoms with E-state index < -0.39 is 0 Å². The van der Waals surface area contributed by atoms with Crippen molar-refractivity contribution in [1.82, 2.24) is 10.3 Å². The molecule has 0 unspecified atom stereocenters. The standard InChI is InChI=1S/C18H25N3/c1-2-10-19-14-16-13-15-8-4-5-9-17(15)20-18(16)21-11-6-3-7-12-21/h4-5,8-9,13,19H,2-3,6-7,10-12,14H2,1H3. The molecule has 0 saturated carbocycles. The first-order valence-corrected chi connectivity index (χ1v) is 8.23. The molecule has 1 aliphatic heterocycles. The molecule has 1 fully saturated rings. The largest absolute Gasteiger partial charge is 0.356 e. The van der Waals surface area contributed by atoms with Crippen molar-refractivity contribution < 1.29 is 0 Å². The highest BCUT2D eigenvalue weighted by atomic mass is 15.2. The van der Waals surface area contributed by atoms with Crippen molar-refractivity contribution in [3.63, 3.8) is 0 Å². The van der Waals surface area contributed by atoms with E-state index in [-0.39, 0.29) is 0 Å². The van der Waals surface area contributed by atoms with Crippen LogP contribution in [0.2, 0.25) is 0 Å². The highest BCUT2D eigenvalue weighted by molar-refractivity contribution is 5.81. The highest BCUT2D eigenvalue weighted by Gasteiger charge is 2.16. The van der Waals surface area contributed by atoms with Gasteiger partial charge in [-0.3, -0.25) is 0 Å². The topological polar surface area (TPSA) is 28.2 Å². The minimum Gasteiger partial charge on any atom is -0.356 e. The molecule has 0 atom stereocenters. The number of hydrogen-bond acceptors (Lipinski definition) is 3. The lowest BCUT2D eigenvalue weighted by Gasteiger charge is -2.30. The van der Waals surface area contributed by atoms with Crippen molar-refractivity contribution in [3.8, 4) is 0 Å². The fourth-order valence-electron chi connectivity index (χ4n) is 3.06. The van der Waals surface area contributed by atoms with Gasteiger partial charge in [-0.05, 0) is 44.4 Å². The summed E-state index contributed by atoms with van der Waals surface area (Å²) >= 11 is 0. The predicted octanol–water partition coefficient (Wildman–Crippen LogP) is 3.72. The number of hydrogen-bond donors (Lipinski definition) is 1. The first kappa shape index (κ1) is 14.3. The Morgan fingerprint density at radius 1 is 1.14 bits per heavy atom. The van der Waals surface area contributed by atoms with Gasteiger partial charge in [0, 0.05) is 30.6 Å². The summed E-state index contributed by atoms with van der Waals surface area (Å²) in [6.07, 6.45) is 5.10. The molecule has 0 amide bonds. The van der Waals surface area contributed by atoms with E-state index in [1.54, 1.807) is 0 Å². The number of aromatic nitrogens is 1. The van der Waals surface area contributed by atoms with Gasteiger partial charge in [0.2, 0.25) is 0 Å². The summed E-state index contributed by atoms with van der Waals surface area (Å²) in [5.41, 5.74) is 2.45. The summed E-state index contributed by atoms with van der Waals surface area (Å²) in [7, 11) is 0. The Balaban J connectivity index is 1.94. The van der Waals surface area contributed by atoms with Crippen molar-refractivity contribution in [2.24, 2.45) is 0 Å². The third-order valence-corrected chi connectivity index (χ3v) is 4.18. The van der Waals surface area contributed by atoms with Gasteiger partial charge in [-0.25, -0.2) is 4.98 Å². The molecule has 3 heteroatoms. The lowest BCUT2D eigenvalue weighted by molar-refractivity contribution is 0.570. The molecule has 2 heterocycles. The van der Waals surface area contributed by atoms with Gasteiger partial charge in [-0.1, -0.05) is 25.1 Å². The van der Waals surface area contributed by atoms with Crippen molar-refractivity contribution >= 4 is 16.7 Å². The highest BCUT2D eigenvalue weighted by Crippen LogP contribution is 2.26. The molecule has 0 bridgehead atoms. The molecule has 1 aromatic carbocycles. The fourth-order valence-corrected chi connectivity index (χ4v) is 3.06. The van der Waals surface area contributed by atoms with Gasteiger partial charge in [0.05, 0.1) is 5.52 Å². The zero-order valence-corrected chi connectivity index (χ0v) is 12.9. The quantitative estimate of drug-likeness (QED) is 0.848. The van der Waals surface area contributed by atoms with Crippen LogP contribution in [0.25, 0.3) is 10.9 Å². The molecular formula is C18H25N3. The molecule has 2 aromatic rings. The molecule has 21 heavy (non-hydrogen) atoms. The lowest BCUT2D eigenvalue weighted by atomic mass is 10.1. The number of piperidine rings is 1. The molecule has 0 spiro atoms. The van der Waals surface area contributed by atoms with Crippen LogP contribution in [0.15, 0.2) is 30.3 Å². The second kappa shape index (κ2) is 6.90. The molecular weight excluding hydrogens is 258 g/mol. The number of pyridine rings is 1. The second-order valence-corrected chi connectivity index (χ2v) is 5.89. The maximum atomic E-state index is 4.96. The van der Waals surface area contributed by atoms with E-state index in [4.69, 9.17) is 4.98 Å². The normalized spacial score (nSPS) is 15.6. The van der Waals surface area contributed by atoms with Crippen LogP contribution in [0.1, 0.15) is 38.2 Å². The number of para-hydroxylation sites is 1. The van der Waals surface area contributed by atoms with E-state index in [1.165, 1.54) is 42.5 Å². The van der Waals surface area contributed by atoms with Crippen LogP contribution in [0, 0.1) is 0 Å². The minimum absolute atomic E-state index is 0.914. The molecule has 3 rings (SSSR count). The van der Waals surface area contributed by atoms with Crippen LogP contribution >= 0.6 is 0 Å². The van der Waals surface area contributed by atoms with Crippen LogP contribution in [-0.2, 0) is 6.54 Å². The van der Waals surface area contributed by atoms with Gasteiger partial charge in [0.25, 0.3) is 0 Å². The van der Waals surface area contributed by atoms with Gasteiger partial charge >= 0.3 is 0 Å². The van der Waals surface area contributed by atoms with E-state index in [2.05, 4.69) is 47.5 Å². The summed E-state index contributed by atoms with van der Waals surface area (Å²) in [5, 5.41) is 4.77. The van der Waals surface area contributed by atoms with Crippen LogP contribution in [0.4, 0.5) is 5.82 Å². The molecule has 1 aromatic heterocycles. The molecule has 1 N–H and O–H groups in total. The van der Waals surface area contributed by atoms with Crippen LogP contribution in [0.5, 0.6) is 0 Å². The van der Waals surface area contributed by atoms with Crippen molar-refractivity contribution in [3.05, 3.63) is 35.9 Å². The van der Waals surface area contributed by atoms with Gasteiger partial charge in [-0.15, -0.1) is 0 Å². The average Bonchev–Trinajstić information content (AvgIpc) is 2.55. The summed E-state index contributed by atoms with van der Waals surface area (Å²) in [6.45, 7) is 6.47. The van der Waals surface area contributed by atoms with Crippen LogP contribution in [0.3, 0.4) is 0 Å². The Morgan fingerprint density at radius 2 is 1.95 bits per heavy atom. The van der Waals surface area contributed by atoms with E-state index in [0.29, 0.717) is 0 Å². The third-order valence-electron chi connectivity index (χ3n) is 4.18. The Labute approximate surface area is 127 Å². The fraction of sp³-hybridized carbons (Fsp3) is 0.500. The van der Waals surface area contributed by atoms with E-state index in [0.717, 1.165) is 31.7 Å². The summed E-state index contributed by atoms with van der Waals surface area (Å²) in [4.78, 5) is 7.43. The third kappa shape index (κ3) is 3.35. The number of nitrogens with one attached hydrogen (secondary N) is 1. The van der Waals surface area contributed by atoms with E-state index in [9.17, 15) is 0 Å². The van der Waals surface area contributed by atoms with E-state index in [1.807, 2.05) is 0 Å². The first-order chi connectivity index (χ1) is 10.4. The Hall–Kier alpha value is -1.61. The van der Waals surface area contributed by atoms with Gasteiger partial charge < -0.3 is 10.2 Å². The Morgan fingerprint density at radius 3 is 2.76 bits per heavy atom. The molecule has 112 valence electrons. The van der Waals surface area contributed by atoms with Gasteiger partial charge in [0.15, 0.2) is 0 Å². The number of nitrogens with zero attached hydrogens (tertiary/aromatic N) is 2. The summed E-state index contributed by atoms with van der Waals surface area (Å²) < 4.78 is 0. The summed E-state index contributed by atoms with van der Waals surface area (Å²) in [5.74, 6) is 1.19. The van der Waals surface area contributed by atoms with Crippen molar-refractivity contribution in [2.75, 3.05) is 24.5 Å². The Kier molecular flexibility index (Phi) is 4.71. The lowest BCUT2D eigenvalue weighted by Crippen LogP contribution is -2.31. The van der Waals surface area contributed by atoms with Gasteiger partial charge in [-0.2, -0.15) is 0 Å². The predicted molar refractivity (Wildman–Crippen MR) is 89.8 cm³/mol. The maximum Gasteiger partial charge on any atom is 0.133 e. The minimum atomic E-state index is 0.914. The van der Waals surface area contributed by atoms with Crippen molar-refractivity contribution in [1.29, 1.82) is 0 Å². The zero-order chi connectivity index (χ0) is 14.5. The number of benzene rings is 1. The van der Waals surface area contributed by atoms with Crippen LogP contribution < -0.4 is 10.2 Å².